The first-order valence-corrected chi connectivity index (χ1v) is 6.34. The van der Waals surface area contributed by atoms with E-state index in [1.54, 1.807) is 7.11 Å². The molecular formula is C14H21NO2. The first kappa shape index (κ1) is 12.4. The Hall–Kier alpha value is -1.06. The highest BCUT2D eigenvalue weighted by atomic mass is 16.5. The fourth-order valence-electron chi connectivity index (χ4n) is 2.58. The molecule has 3 heteroatoms. The van der Waals surface area contributed by atoms with Gasteiger partial charge in [0, 0.05) is 5.56 Å². The van der Waals surface area contributed by atoms with Crippen molar-refractivity contribution in [3.05, 3.63) is 29.8 Å². The minimum atomic E-state index is 0.0754. The van der Waals surface area contributed by atoms with Crippen LogP contribution in [0.15, 0.2) is 24.3 Å². The van der Waals surface area contributed by atoms with E-state index in [0.29, 0.717) is 0 Å². The van der Waals surface area contributed by atoms with Gasteiger partial charge in [0.2, 0.25) is 0 Å². The second-order valence-corrected chi connectivity index (χ2v) is 4.54. The third-order valence-corrected chi connectivity index (χ3v) is 3.50. The topological polar surface area (TPSA) is 32.7 Å². The monoisotopic (exact) mass is 235 g/mol. The highest BCUT2D eigenvalue weighted by Gasteiger charge is 2.23. The number of ether oxygens (including phenoxy) is 1. The highest BCUT2D eigenvalue weighted by Crippen LogP contribution is 2.30. The SMILES string of the molecule is COc1ccccc1C(CO)N1CCCCC1. The number of aliphatic hydroxyl groups is 1. The smallest absolute Gasteiger partial charge is 0.123 e. The normalized spacial score (nSPS) is 18.9. The summed E-state index contributed by atoms with van der Waals surface area (Å²) in [6.07, 6.45) is 3.76. The van der Waals surface area contributed by atoms with Crippen molar-refractivity contribution in [3.8, 4) is 5.75 Å². The molecule has 0 saturated carbocycles. The number of methoxy groups -OCH3 is 1. The maximum absolute atomic E-state index is 9.65. The minimum absolute atomic E-state index is 0.0754. The standard InChI is InChI=1S/C14H21NO2/c1-17-14-8-4-3-7-12(14)13(11-16)15-9-5-2-6-10-15/h3-4,7-8,13,16H,2,5-6,9-11H2,1H3. The molecule has 3 nitrogen and oxygen atoms in total. The Morgan fingerprint density at radius 1 is 1.24 bits per heavy atom. The van der Waals surface area contributed by atoms with E-state index in [1.165, 1.54) is 19.3 Å². The van der Waals surface area contributed by atoms with Gasteiger partial charge in [-0.1, -0.05) is 24.6 Å². The number of hydrogen-bond donors (Lipinski definition) is 1. The van der Waals surface area contributed by atoms with Crippen LogP contribution < -0.4 is 4.74 Å². The van der Waals surface area contributed by atoms with Crippen molar-refractivity contribution in [2.75, 3.05) is 26.8 Å². The lowest BCUT2D eigenvalue weighted by molar-refractivity contribution is 0.102. The van der Waals surface area contributed by atoms with Crippen molar-refractivity contribution in [1.82, 2.24) is 4.90 Å². The van der Waals surface area contributed by atoms with E-state index in [9.17, 15) is 5.11 Å². The molecule has 1 heterocycles. The maximum atomic E-state index is 9.65. The van der Waals surface area contributed by atoms with Crippen LogP contribution in [0, 0.1) is 0 Å². The van der Waals surface area contributed by atoms with E-state index in [1.807, 2.05) is 24.3 Å². The summed E-state index contributed by atoms with van der Waals surface area (Å²) in [5.41, 5.74) is 1.10. The zero-order chi connectivity index (χ0) is 12.1. The third-order valence-electron chi connectivity index (χ3n) is 3.50. The Bertz CT molecular complexity index is 348. The predicted molar refractivity (Wildman–Crippen MR) is 68.2 cm³/mol. The van der Waals surface area contributed by atoms with Gasteiger partial charge in [0.15, 0.2) is 0 Å². The molecule has 0 bridgehead atoms. The van der Waals surface area contributed by atoms with Gasteiger partial charge >= 0.3 is 0 Å². The predicted octanol–water partition coefficient (Wildman–Crippen LogP) is 2.21. The van der Waals surface area contributed by atoms with Crippen LogP contribution >= 0.6 is 0 Å². The molecule has 0 radical (unpaired) electrons. The van der Waals surface area contributed by atoms with Crippen molar-refractivity contribution in [2.24, 2.45) is 0 Å². The van der Waals surface area contributed by atoms with E-state index in [2.05, 4.69) is 4.90 Å². The van der Waals surface area contributed by atoms with Gasteiger partial charge in [-0.2, -0.15) is 0 Å². The van der Waals surface area contributed by atoms with Crippen LogP contribution in [0.3, 0.4) is 0 Å². The van der Waals surface area contributed by atoms with Gasteiger partial charge in [-0.05, 0) is 32.0 Å². The van der Waals surface area contributed by atoms with E-state index < -0.39 is 0 Å². The van der Waals surface area contributed by atoms with Crippen molar-refractivity contribution in [3.63, 3.8) is 0 Å². The zero-order valence-corrected chi connectivity index (χ0v) is 10.4. The molecule has 1 atom stereocenters. The van der Waals surface area contributed by atoms with Gasteiger partial charge in [0.25, 0.3) is 0 Å². The molecule has 1 aliphatic rings. The van der Waals surface area contributed by atoms with Gasteiger partial charge in [0.1, 0.15) is 5.75 Å². The van der Waals surface area contributed by atoms with Crippen LogP contribution in [-0.2, 0) is 0 Å². The third kappa shape index (κ3) is 2.79. The molecule has 94 valence electrons. The Labute approximate surface area is 103 Å². The number of likely N-dealkylation sites (tertiary alicyclic amines) is 1. The number of para-hydroxylation sites is 1. The summed E-state index contributed by atoms with van der Waals surface area (Å²) >= 11 is 0. The van der Waals surface area contributed by atoms with Crippen LogP contribution in [0.4, 0.5) is 0 Å². The maximum Gasteiger partial charge on any atom is 0.123 e. The number of hydrogen-bond acceptors (Lipinski definition) is 3. The number of rotatable bonds is 4. The molecule has 1 fully saturated rings. The summed E-state index contributed by atoms with van der Waals surface area (Å²) in [5.74, 6) is 0.872. The molecule has 0 spiro atoms. The molecule has 0 amide bonds. The molecule has 1 aromatic rings. The van der Waals surface area contributed by atoms with Crippen LogP contribution in [0.2, 0.25) is 0 Å². The van der Waals surface area contributed by atoms with Crippen molar-refractivity contribution < 1.29 is 9.84 Å². The molecule has 1 aliphatic heterocycles. The van der Waals surface area contributed by atoms with E-state index in [0.717, 1.165) is 24.4 Å². The molecular weight excluding hydrogens is 214 g/mol. The Kier molecular flexibility index (Phi) is 4.40. The summed E-state index contributed by atoms with van der Waals surface area (Å²) in [4.78, 5) is 2.36. The fraction of sp³-hybridized carbons (Fsp3) is 0.571. The van der Waals surface area contributed by atoms with Crippen molar-refractivity contribution >= 4 is 0 Å². The second kappa shape index (κ2) is 6.03. The van der Waals surface area contributed by atoms with Crippen LogP contribution in [0.5, 0.6) is 5.75 Å². The van der Waals surface area contributed by atoms with E-state index in [-0.39, 0.29) is 12.6 Å². The van der Waals surface area contributed by atoms with Gasteiger partial charge in [-0.3, -0.25) is 4.90 Å². The van der Waals surface area contributed by atoms with Crippen LogP contribution in [0.25, 0.3) is 0 Å². The number of piperidine rings is 1. The summed E-state index contributed by atoms with van der Waals surface area (Å²) in [6.45, 7) is 2.30. The molecule has 1 aromatic carbocycles. The van der Waals surface area contributed by atoms with Gasteiger partial charge in [-0.15, -0.1) is 0 Å². The number of nitrogens with zero attached hydrogens (tertiary/aromatic N) is 1. The first-order valence-electron chi connectivity index (χ1n) is 6.34. The van der Waals surface area contributed by atoms with Gasteiger partial charge < -0.3 is 9.84 Å². The summed E-state index contributed by atoms with van der Waals surface area (Å²) < 4.78 is 5.38. The quantitative estimate of drug-likeness (QED) is 0.868. The molecule has 1 unspecified atom stereocenters. The zero-order valence-electron chi connectivity index (χ0n) is 10.4. The van der Waals surface area contributed by atoms with Gasteiger partial charge in [-0.25, -0.2) is 0 Å². The number of aliphatic hydroxyl groups excluding tert-OH is 1. The Morgan fingerprint density at radius 3 is 2.59 bits per heavy atom. The minimum Gasteiger partial charge on any atom is -0.496 e. The lowest BCUT2D eigenvalue weighted by Gasteiger charge is -2.34. The summed E-state index contributed by atoms with van der Waals surface area (Å²) in [7, 11) is 1.68. The first-order chi connectivity index (χ1) is 8.36. The average Bonchev–Trinajstić information content (AvgIpc) is 2.41. The number of benzene rings is 1. The largest absolute Gasteiger partial charge is 0.496 e. The van der Waals surface area contributed by atoms with Crippen LogP contribution in [0.1, 0.15) is 30.9 Å². The Balaban J connectivity index is 2.21. The average molecular weight is 235 g/mol. The second-order valence-electron chi connectivity index (χ2n) is 4.54. The fourth-order valence-corrected chi connectivity index (χ4v) is 2.58. The highest BCUT2D eigenvalue weighted by molar-refractivity contribution is 5.36. The Morgan fingerprint density at radius 2 is 1.94 bits per heavy atom. The van der Waals surface area contributed by atoms with Crippen molar-refractivity contribution in [1.29, 1.82) is 0 Å². The summed E-state index contributed by atoms with van der Waals surface area (Å²) in [6, 6.07) is 8.06. The molecule has 1 N–H and O–H groups in total. The van der Waals surface area contributed by atoms with Crippen molar-refractivity contribution in [2.45, 2.75) is 25.3 Å². The van der Waals surface area contributed by atoms with E-state index >= 15 is 0 Å². The molecule has 0 aliphatic carbocycles. The lowest BCUT2D eigenvalue weighted by atomic mass is 10.0. The van der Waals surface area contributed by atoms with Crippen LogP contribution in [-0.4, -0.2) is 36.8 Å². The molecule has 2 rings (SSSR count). The lowest BCUT2D eigenvalue weighted by Crippen LogP contribution is -2.35. The molecule has 1 saturated heterocycles. The van der Waals surface area contributed by atoms with Gasteiger partial charge in [0.05, 0.1) is 19.8 Å². The van der Waals surface area contributed by atoms with E-state index in [4.69, 9.17) is 4.74 Å². The summed E-state index contributed by atoms with van der Waals surface area (Å²) in [5, 5.41) is 9.65. The molecule has 0 aromatic heterocycles. The molecule has 17 heavy (non-hydrogen) atoms.